The molecule has 0 aromatic carbocycles. The minimum absolute atomic E-state index is 0.0131. The molecule has 8 aromatic heterocycles. The number of aromatic nitrogens is 16. The van der Waals surface area contributed by atoms with Gasteiger partial charge in [0.1, 0.15) is 114 Å². The average molecular weight is 1250 g/mol. The average Bonchev–Trinajstić information content (AvgIpc) is 2.61. The highest BCUT2D eigenvalue weighted by atomic mass is 31.2. The van der Waals surface area contributed by atoms with Crippen LogP contribution in [0.2, 0.25) is 0 Å². The molecule has 4 aliphatic heterocycles. The Morgan fingerprint density at radius 2 is 0.800 bits per heavy atom. The number of aliphatic hydroxyl groups excluding tert-OH is 6. The first-order valence-corrected chi connectivity index (χ1v) is 29.3. The number of ether oxygens (including phenoxy) is 4. The zero-order chi connectivity index (χ0) is 60.0. The molecule has 4 aliphatic rings. The number of phosphoric acid groups is 3. The number of hydrogen-bond donors (Lipinski definition) is 13. The van der Waals surface area contributed by atoms with Crippen LogP contribution in [0.5, 0.6) is 0 Å². The van der Waals surface area contributed by atoms with Crippen molar-refractivity contribution in [2.24, 2.45) is 0 Å². The Kier molecular flexibility index (Phi) is 15.6. The summed E-state index contributed by atoms with van der Waals surface area (Å²) in [5.74, 6) is -0.349. The Bertz CT molecular complexity index is 3940. The van der Waals surface area contributed by atoms with Crippen LogP contribution in [0.25, 0.3) is 44.7 Å². The number of aliphatic hydroxyl groups is 6. The number of nitrogens with two attached hydrogens (primary N) is 4. The molecule has 3 unspecified atom stereocenters. The molecule has 19 atom stereocenters. The molecule has 12 rings (SSSR count). The predicted octanol–water partition coefficient (Wildman–Crippen LogP) is -4.43. The van der Waals surface area contributed by atoms with E-state index in [4.69, 9.17) is 69.0 Å². The Morgan fingerprint density at radius 1 is 0.447 bits per heavy atom. The van der Waals surface area contributed by atoms with Gasteiger partial charge in [-0.1, -0.05) is 0 Å². The summed E-state index contributed by atoms with van der Waals surface area (Å²) in [6, 6.07) is 0. The summed E-state index contributed by atoms with van der Waals surface area (Å²) in [4.78, 5) is 82.1. The minimum Gasteiger partial charge on any atom is -0.394 e. The molecule has 0 bridgehead atoms. The van der Waals surface area contributed by atoms with Gasteiger partial charge in [0, 0.05) is 0 Å². The van der Waals surface area contributed by atoms with E-state index in [1.165, 1.54) is 28.0 Å². The van der Waals surface area contributed by atoms with Crippen molar-refractivity contribution in [3.05, 3.63) is 50.5 Å². The highest BCUT2D eigenvalue weighted by Crippen LogP contribution is 2.54. The van der Waals surface area contributed by atoms with E-state index < -0.39 is 148 Å². The maximum Gasteiger partial charge on any atom is 0.472 e. The number of nitrogen functional groups attached to an aromatic ring is 4. The lowest BCUT2D eigenvalue weighted by atomic mass is 10.1. The molecule has 42 nitrogen and oxygen atoms in total. The van der Waals surface area contributed by atoms with Crippen molar-refractivity contribution in [2.75, 3.05) is 49.4 Å². The molecule has 0 spiro atoms. The molecular formula is C40H49N20O22P3. The van der Waals surface area contributed by atoms with Crippen LogP contribution < -0.4 is 22.9 Å². The summed E-state index contributed by atoms with van der Waals surface area (Å²) in [5, 5.41) is 67.1. The van der Waals surface area contributed by atoms with Gasteiger partial charge in [-0.25, -0.2) is 68.5 Å². The molecule has 8 aromatic rings. The predicted molar refractivity (Wildman–Crippen MR) is 274 cm³/mol. The van der Waals surface area contributed by atoms with Crippen LogP contribution in [-0.4, -0.2) is 223 Å². The number of phosphoric ester groups is 3. The second-order valence-electron chi connectivity index (χ2n) is 19.2. The van der Waals surface area contributed by atoms with Crippen LogP contribution in [0.1, 0.15) is 24.9 Å². The fourth-order valence-corrected chi connectivity index (χ4v) is 12.9. The summed E-state index contributed by atoms with van der Waals surface area (Å²) in [7, 11) is -16.6. The SMILES string of the molecule is Nc1ncc2ncn([C@@H]3O[C@H](COP(=O)(O)O[C@H]4[C@@H](O)[C@H](n5cnc6c(N)ncnc65)O[C@@H]4COP(=O)(O)O[C@H]4[C@@H](O)[C@H](n5cnc6c(N)ncnc65)O[C@@H]4COP(=O)(O)O[C@H]4[C@@H](O)[C@H](n5cnc6c(N)ncnc65)O[C@@H]4CO)[C@@H](O)[C@H]3O)c2n1. The van der Waals surface area contributed by atoms with Gasteiger partial charge in [0.15, 0.2) is 65.0 Å². The molecule has 4 saturated heterocycles. The smallest absolute Gasteiger partial charge is 0.394 e. The van der Waals surface area contributed by atoms with Gasteiger partial charge in [-0.15, -0.1) is 0 Å². The maximum atomic E-state index is 14.2. The highest BCUT2D eigenvalue weighted by molar-refractivity contribution is 7.48. The van der Waals surface area contributed by atoms with E-state index in [0.29, 0.717) is 0 Å². The number of imidazole rings is 4. The van der Waals surface area contributed by atoms with Gasteiger partial charge in [0.05, 0.1) is 57.9 Å². The molecule has 85 heavy (non-hydrogen) atoms. The van der Waals surface area contributed by atoms with E-state index >= 15 is 0 Å². The normalized spacial score (nSPS) is 32.0. The quantitative estimate of drug-likeness (QED) is 0.0320. The van der Waals surface area contributed by atoms with Crippen molar-refractivity contribution in [3.63, 3.8) is 0 Å². The first kappa shape index (κ1) is 58.7. The van der Waals surface area contributed by atoms with Gasteiger partial charge in [-0.2, -0.15) is 4.98 Å². The van der Waals surface area contributed by atoms with E-state index in [0.717, 1.165) is 40.8 Å². The van der Waals surface area contributed by atoms with Crippen LogP contribution in [0.4, 0.5) is 23.4 Å². The Balaban J connectivity index is 0.764. The van der Waals surface area contributed by atoms with Crippen molar-refractivity contribution < 1.29 is 105 Å². The molecule has 456 valence electrons. The summed E-state index contributed by atoms with van der Waals surface area (Å²) >= 11 is 0. The summed E-state index contributed by atoms with van der Waals surface area (Å²) in [6.45, 7) is -4.08. The standard InChI is InChI=1S/C40H49N20O22P3/c41-29-18-33(49-6-46-29)58(10-53-18)37-23(64)26(14(2-61)76-37)80-84(69,70)74-4-16-28(25(66)39(78-16)60-12-55-20-31(43)48-8-51-35(20)60)82-85(71,72)75-5-17-27(24(65)38(79-17)59-11-54-19-30(42)47-7-50-34(19)59)81-83(67,68)73-3-15-21(62)22(63)36(77-15)57-9-52-13-1-45-40(44)56-32(13)57/h1,6-12,14-17,21-28,36-39,61-66H,2-5H2,(H,67,68)(H,69,70)(H,71,72)(H2,41,46,49)(H2,42,47,50)(H2,43,48,51)(H2,44,45,56)/t14-,15-,16-,17-,21-,22-,23-,24-,25-,26-,27-,28-,36-,37-,38-,39-/m1/s1. The van der Waals surface area contributed by atoms with Crippen LogP contribution in [0.3, 0.4) is 0 Å². The van der Waals surface area contributed by atoms with Gasteiger partial charge >= 0.3 is 23.5 Å². The van der Waals surface area contributed by atoms with Crippen molar-refractivity contribution in [1.82, 2.24) is 78.1 Å². The van der Waals surface area contributed by atoms with Crippen molar-refractivity contribution >= 4 is 91.5 Å². The molecule has 0 saturated carbocycles. The van der Waals surface area contributed by atoms with Gasteiger partial charge in [0.25, 0.3) is 0 Å². The Morgan fingerprint density at radius 3 is 1.22 bits per heavy atom. The number of rotatable bonds is 20. The fraction of sp³-hybridized carbons (Fsp3) is 0.500. The number of fused-ring (bicyclic) bond motifs is 4. The molecule has 0 amide bonds. The number of hydrogen-bond acceptors (Lipinski definition) is 35. The van der Waals surface area contributed by atoms with Gasteiger partial charge in [-0.3, -0.25) is 45.4 Å². The van der Waals surface area contributed by atoms with Crippen molar-refractivity contribution in [1.29, 1.82) is 0 Å². The van der Waals surface area contributed by atoms with Crippen LogP contribution in [0, 0.1) is 0 Å². The van der Waals surface area contributed by atoms with Gasteiger partial charge < -0.3 is 87.2 Å². The summed E-state index contributed by atoms with van der Waals surface area (Å²) in [6.07, 6.45) is -18.8. The first-order valence-electron chi connectivity index (χ1n) is 24.8. The first-order chi connectivity index (χ1) is 40.5. The molecule has 0 radical (unpaired) electrons. The molecule has 4 fully saturated rings. The lowest BCUT2D eigenvalue weighted by Crippen LogP contribution is -2.38. The number of nitrogens with zero attached hydrogens (tertiary/aromatic N) is 16. The van der Waals surface area contributed by atoms with Crippen LogP contribution in [-0.2, 0) is 59.8 Å². The molecular weight excluding hydrogens is 1210 g/mol. The monoisotopic (exact) mass is 1250 g/mol. The van der Waals surface area contributed by atoms with E-state index in [9.17, 15) is 59.0 Å². The number of anilines is 4. The van der Waals surface area contributed by atoms with Gasteiger partial charge in [0.2, 0.25) is 5.95 Å². The van der Waals surface area contributed by atoms with E-state index in [-0.39, 0.29) is 68.1 Å². The minimum atomic E-state index is -5.65. The largest absolute Gasteiger partial charge is 0.472 e. The molecule has 45 heteroatoms. The second-order valence-corrected chi connectivity index (χ2v) is 23.5. The second kappa shape index (κ2) is 22.6. The molecule has 12 heterocycles. The third-order valence-corrected chi connectivity index (χ3v) is 17.0. The van der Waals surface area contributed by atoms with Crippen molar-refractivity contribution in [3.8, 4) is 0 Å². The fourth-order valence-electron chi connectivity index (χ4n) is 10.0. The Hall–Kier alpha value is -6.67. The van der Waals surface area contributed by atoms with E-state index in [2.05, 4.69) is 59.8 Å². The highest BCUT2D eigenvalue weighted by Gasteiger charge is 2.55. The molecule has 0 aliphatic carbocycles. The lowest BCUT2D eigenvalue weighted by Gasteiger charge is -2.26. The summed E-state index contributed by atoms with van der Waals surface area (Å²) < 4.78 is 102. The van der Waals surface area contributed by atoms with E-state index in [1.54, 1.807) is 0 Å². The third kappa shape index (κ3) is 11.0. The van der Waals surface area contributed by atoms with E-state index in [1.807, 2.05) is 0 Å². The third-order valence-electron chi connectivity index (χ3n) is 14.0. The lowest BCUT2D eigenvalue weighted by molar-refractivity contribution is -0.0633. The zero-order valence-electron chi connectivity index (χ0n) is 42.8. The van der Waals surface area contributed by atoms with Gasteiger partial charge in [-0.05, 0) is 0 Å². The maximum absolute atomic E-state index is 14.2. The zero-order valence-corrected chi connectivity index (χ0v) is 45.5. The Labute approximate surface area is 471 Å². The van der Waals surface area contributed by atoms with Crippen molar-refractivity contribution in [2.45, 2.75) is 98.2 Å². The summed E-state index contributed by atoms with van der Waals surface area (Å²) in [5.41, 5.74) is 24.2. The van der Waals surface area contributed by atoms with Crippen LogP contribution >= 0.6 is 23.5 Å². The molecule has 17 N–H and O–H groups in total. The topological polar surface area (TPSA) is 604 Å². The van der Waals surface area contributed by atoms with Crippen LogP contribution in [0.15, 0.2) is 50.5 Å².